The second-order valence-corrected chi connectivity index (χ2v) is 5.92. The zero-order valence-electron chi connectivity index (χ0n) is 12.8. The van der Waals surface area contributed by atoms with Crippen molar-refractivity contribution >= 4 is 34.0 Å². The minimum Gasteiger partial charge on any atom is -0.496 e. The largest absolute Gasteiger partial charge is 0.496 e. The molecule has 1 heterocycles. The predicted molar refractivity (Wildman–Crippen MR) is 90.7 cm³/mol. The van der Waals surface area contributed by atoms with Crippen molar-refractivity contribution in [2.24, 2.45) is 0 Å². The third-order valence-corrected chi connectivity index (χ3v) is 4.37. The van der Waals surface area contributed by atoms with Crippen molar-refractivity contribution in [3.8, 4) is 5.75 Å². The van der Waals surface area contributed by atoms with Crippen LogP contribution < -0.4 is 10.1 Å². The molecule has 1 aromatic heterocycles. The summed E-state index contributed by atoms with van der Waals surface area (Å²) in [5, 5.41) is 15.3. The number of hydrogen-bond acceptors (Lipinski definition) is 5. The predicted octanol–water partition coefficient (Wildman–Crippen LogP) is 2.93. The standard InChI is InChI=1S/C17H14N2O4S/c1-23-14-7-6-12(10-4-2-3-5-11(10)14)16(20)18-8-15-19-13(9-24-15)17(21)22/h2-7,9H,8H2,1H3,(H,18,20)(H,21,22). The van der Waals surface area contributed by atoms with E-state index in [9.17, 15) is 9.59 Å². The molecule has 7 heteroatoms. The van der Waals surface area contributed by atoms with E-state index in [4.69, 9.17) is 9.84 Å². The molecule has 2 aromatic carbocycles. The normalized spacial score (nSPS) is 10.5. The maximum Gasteiger partial charge on any atom is 0.355 e. The van der Waals surface area contributed by atoms with Gasteiger partial charge in [-0.15, -0.1) is 11.3 Å². The van der Waals surface area contributed by atoms with E-state index < -0.39 is 5.97 Å². The SMILES string of the molecule is COc1ccc(C(=O)NCc2nc(C(=O)O)cs2)c2ccccc12. The Labute approximate surface area is 141 Å². The average Bonchev–Trinajstić information content (AvgIpc) is 3.08. The lowest BCUT2D eigenvalue weighted by Gasteiger charge is -2.10. The molecule has 0 aliphatic rings. The lowest BCUT2D eigenvalue weighted by Crippen LogP contribution is -2.23. The fourth-order valence-electron chi connectivity index (χ4n) is 2.39. The summed E-state index contributed by atoms with van der Waals surface area (Å²) in [6.45, 7) is 0.178. The van der Waals surface area contributed by atoms with Crippen molar-refractivity contribution in [3.63, 3.8) is 0 Å². The number of hydrogen-bond donors (Lipinski definition) is 2. The van der Waals surface area contributed by atoms with Gasteiger partial charge >= 0.3 is 5.97 Å². The minimum atomic E-state index is -1.08. The third-order valence-electron chi connectivity index (χ3n) is 3.52. The van der Waals surface area contributed by atoms with Gasteiger partial charge in [0, 0.05) is 16.3 Å². The van der Waals surface area contributed by atoms with Gasteiger partial charge in [0.15, 0.2) is 5.69 Å². The number of amides is 1. The Balaban J connectivity index is 1.82. The van der Waals surface area contributed by atoms with E-state index in [1.165, 1.54) is 16.7 Å². The molecule has 0 unspecified atom stereocenters. The van der Waals surface area contributed by atoms with Crippen LogP contribution in [0.5, 0.6) is 5.75 Å². The summed E-state index contributed by atoms with van der Waals surface area (Å²) in [5.74, 6) is -0.626. The molecule has 2 N–H and O–H groups in total. The second kappa shape index (κ2) is 6.67. The van der Waals surface area contributed by atoms with Crippen LogP contribution in [0.2, 0.25) is 0 Å². The molecular formula is C17H14N2O4S. The first-order valence-corrected chi connectivity index (χ1v) is 7.99. The van der Waals surface area contributed by atoms with Crippen molar-refractivity contribution in [1.82, 2.24) is 10.3 Å². The van der Waals surface area contributed by atoms with Crippen molar-refractivity contribution in [3.05, 3.63) is 58.0 Å². The molecule has 0 saturated heterocycles. The quantitative estimate of drug-likeness (QED) is 0.744. The molecular weight excluding hydrogens is 328 g/mol. The molecule has 0 atom stereocenters. The second-order valence-electron chi connectivity index (χ2n) is 4.98. The van der Waals surface area contributed by atoms with Crippen LogP contribution in [0.3, 0.4) is 0 Å². The molecule has 0 bridgehead atoms. The first kappa shape index (κ1) is 15.9. The third kappa shape index (κ3) is 3.07. The number of benzene rings is 2. The summed E-state index contributed by atoms with van der Waals surface area (Å²) in [6.07, 6.45) is 0. The summed E-state index contributed by atoms with van der Waals surface area (Å²) in [5.41, 5.74) is 0.514. The molecule has 3 aromatic rings. The van der Waals surface area contributed by atoms with Gasteiger partial charge in [-0.05, 0) is 17.5 Å². The number of aromatic nitrogens is 1. The van der Waals surface area contributed by atoms with E-state index in [0.717, 1.165) is 10.8 Å². The van der Waals surface area contributed by atoms with Gasteiger partial charge in [0.2, 0.25) is 0 Å². The number of aromatic carboxylic acids is 1. The van der Waals surface area contributed by atoms with E-state index in [-0.39, 0.29) is 18.1 Å². The van der Waals surface area contributed by atoms with Gasteiger partial charge in [-0.3, -0.25) is 4.79 Å². The Hall–Kier alpha value is -2.93. The number of carboxylic acids is 1. The number of nitrogens with zero attached hydrogens (tertiary/aromatic N) is 1. The maximum absolute atomic E-state index is 12.5. The minimum absolute atomic E-state index is 0.0147. The summed E-state index contributed by atoms with van der Waals surface area (Å²) < 4.78 is 5.32. The molecule has 0 radical (unpaired) electrons. The molecule has 122 valence electrons. The Morgan fingerprint density at radius 1 is 1.21 bits per heavy atom. The van der Waals surface area contributed by atoms with Gasteiger partial charge in [-0.25, -0.2) is 9.78 Å². The van der Waals surface area contributed by atoms with Gasteiger partial charge in [0.05, 0.1) is 13.7 Å². The smallest absolute Gasteiger partial charge is 0.355 e. The number of rotatable bonds is 5. The Morgan fingerprint density at radius 2 is 1.96 bits per heavy atom. The fourth-order valence-corrected chi connectivity index (χ4v) is 3.10. The molecule has 0 fully saturated rings. The van der Waals surface area contributed by atoms with Crippen molar-refractivity contribution < 1.29 is 19.4 Å². The van der Waals surface area contributed by atoms with Crippen LogP contribution in [0, 0.1) is 0 Å². The topological polar surface area (TPSA) is 88.5 Å². The lowest BCUT2D eigenvalue weighted by atomic mass is 10.0. The average molecular weight is 342 g/mol. The Morgan fingerprint density at radius 3 is 2.62 bits per heavy atom. The van der Waals surface area contributed by atoms with Crippen LogP contribution in [0.4, 0.5) is 0 Å². The van der Waals surface area contributed by atoms with E-state index in [2.05, 4.69) is 10.3 Å². The number of carbonyl (C=O) groups is 2. The highest BCUT2D eigenvalue weighted by atomic mass is 32.1. The van der Waals surface area contributed by atoms with E-state index >= 15 is 0 Å². The van der Waals surface area contributed by atoms with Gasteiger partial charge in [0.25, 0.3) is 5.91 Å². The summed E-state index contributed by atoms with van der Waals surface area (Å²) in [4.78, 5) is 27.3. The number of fused-ring (bicyclic) bond motifs is 1. The zero-order valence-corrected chi connectivity index (χ0v) is 13.6. The first-order valence-electron chi connectivity index (χ1n) is 7.12. The molecule has 0 aliphatic carbocycles. The lowest BCUT2D eigenvalue weighted by molar-refractivity contribution is 0.0691. The highest BCUT2D eigenvalue weighted by molar-refractivity contribution is 7.09. The van der Waals surface area contributed by atoms with Crippen LogP contribution in [0.1, 0.15) is 25.9 Å². The van der Waals surface area contributed by atoms with E-state index in [0.29, 0.717) is 16.3 Å². The van der Waals surface area contributed by atoms with Crippen molar-refractivity contribution in [2.45, 2.75) is 6.54 Å². The van der Waals surface area contributed by atoms with Crippen LogP contribution in [0.25, 0.3) is 10.8 Å². The molecule has 0 spiro atoms. The molecule has 0 aliphatic heterocycles. The van der Waals surface area contributed by atoms with Gasteiger partial charge < -0.3 is 15.2 Å². The molecule has 3 rings (SSSR count). The summed E-state index contributed by atoms with van der Waals surface area (Å²) in [7, 11) is 1.59. The number of methoxy groups -OCH3 is 1. The van der Waals surface area contributed by atoms with Crippen molar-refractivity contribution in [2.75, 3.05) is 7.11 Å². The monoisotopic (exact) mass is 342 g/mol. The molecule has 24 heavy (non-hydrogen) atoms. The number of nitrogens with one attached hydrogen (secondary N) is 1. The summed E-state index contributed by atoms with van der Waals surface area (Å²) >= 11 is 1.20. The van der Waals surface area contributed by atoms with Crippen LogP contribution in [-0.2, 0) is 6.54 Å². The van der Waals surface area contributed by atoms with Crippen molar-refractivity contribution in [1.29, 1.82) is 0 Å². The number of carbonyl (C=O) groups excluding carboxylic acids is 1. The highest BCUT2D eigenvalue weighted by Gasteiger charge is 2.14. The van der Waals surface area contributed by atoms with Gasteiger partial charge in [-0.1, -0.05) is 24.3 Å². The molecule has 1 amide bonds. The van der Waals surface area contributed by atoms with Crippen LogP contribution in [0.15, 0.2) is 41.8 Å². The zero-order chi connectivity index (χ0) is 17.1. The maximum atomic E-state index is 12.5. The Kier molecular flexibility index (Phi) is 4.43. The number of ether oxygens (including phenoxy) is 1. The first-order chi connectivity index (χ1) is 11.6. The van der Waals surface area contributed by atoms with E-state index in [1.807, 2.05) is 24.3 Å². The van der Waals surface area contributed by atoms with E-state index in [1.54, 1.807) is 19.2 Å². The summed E-state index contributed by atoms with van der Waals surface area (Å²) in [6, 6.07) is 11.0. The van der Waals surface area contributed by atoms with Gasteiger partial charge in [0.1, 0.15) is 10.8 Å². The fraction of sp³-hybridized carbons (Fsp3) is 0.118. The van der Waals surface area contributed by atoms with Gasteiger partial charge in [-0.2, -0.15) is 0 Å². The number of thiazole rings is 1. The highest BCUT2D eigenvalue weighted by Crippen LogP contribution is 2.28. The number of carboxylic acid groups (broad SMARTS) is 1. The molecule has 6 nitrogen and oxygen atoms in total. The Bertz CT molecular complexity index is 920. The van der Waals surface area contributed by atoms with Crippen LogP contribution >= 0.6 is 11.3 Å². The molecule has 0 saturated carbocycles. The van der Waals surface area contributed by atoms with Crippen LogP contribution in [-0.4, -0.2) is 29.1 Å².